The van der Waals surface area contributed by atoms with Crippen molar-refractivity contribution in [1.82, 2.24) is 29.5 Å². The van der Waals surface area contributed by atoms with Gasteiger partial charge in [0.05, 0.1) is 5.39 Å². The van der Waals surface area contributed by atoms with E-state index in [4.69, 9.17) is 10.7 Å². The number of aryl methyl sites for hydroxylation is 1. The van der Waals surface area contributed by atoms with Crippen LogP contribution in [0.15, 0.2) is 17.1 Å². The summed E-state index contributed by atoms with van der Waals surface area (Å²) in [5.41, 5.74) is 6.57. The third kappa shape index (κ3) is 2.51. The number of nitrogens with zero attached hydrogens (tertiary/aromatic N) is 6. The minimum absolute atomic E-state index is 0.0295. The van der Waals surface area contributed by atoms with Crippen molar-refractivity contribution in [1.29, 1.82) is 0 Å². The van der Waals surface area contributed by atoms with Crippen LogP contribution in [0.5, 0.6) is 0 Å². The lowest BCUT2D eigenvalue weighted by molar-refractivity contribution is 0.405. The second-order valence-corrected chi connectivity index (χ2v) is 8.86. The Balaban J connectivity index is 1.54. The fourth-order valence-electron chi connectivity index (χ4n) is 5.48. The number of hydrogen-bond acceptors (Lipinski definition) is 6. The van der Waals surface area contributed by atoms with E-state index in [1.165, 1.54) is 28.6 Å². The number of aromatic nitrogens is 6. The van der Waals surface area contributed by atoms with E-state index in [0.29, 0.717) is 11.6 Å². The predicted molar refractivity (Wildman–Crippen MR) is 115 cm³/mol. The molecule has 2 fully saturated rings. The first-order valence-corrected chi connectivity index (χ1v) is 10.6. The van der Waals surface area contributed by atoms with Gasteiger partial charge in [-0.3, -0.25) is 9.36 Å². The van der Waals surface area contributed by atoms with Crippen molar-refractivity contribution in [2.75, 3.05) is 4.90 Å². The molecule has 2 saturated heterocycles. The summed E-state index contributed by atoms with van der Waals surface area (Å²) in [6.45, 7) is 0. The maximum Gasteiger partial charge on any atom is 0.264 e. The summed E-state index contributed by atoms with van der Waals surface area (Å²) in [6, 6.07) is 2.07. The van der Waals surface area contributed by atoms with E-state index < -0.39 is 11.6 Å². The molecule has 166 valence electrons. The van der Waals surface area contributed by atoms with Gasteiger partial charge in [0, 0.05) is 49.5 Å². The summed E-state index contributed by atoms with van der Waals surface area (Å²) in [5, 5.41) is 7.87. The molecule has 0 radical (unpaired) electrons. The number of nitrogens with two attached hydrogens (primary N) is 1. The highest BCUT2D eigenvalue weighted by atomic mass is 19.2. The predicted octanol–water partition coefficient (Wildman–Crippen LogP) is 1.95. The Morgan fingerprint density at radius 2 is 1.84 bits per heavy atom. The van der Waals surface area contributed by atoms with Crippen LogP contribution in [0.25, 0.3) is 33.2 Å². The minimum atomic E-state index is -1.06. The number of halogens is 2. The number of benzene rings is 1. The van der Waals surface area contributed by atoms with Gasteiger partial charge in [-0.25, -0.2) is 13.5 Å². The molecule has 0 aliphatic carbocycles. The van der Waals surface area contributed by atoms with Crippen LogP contribution in [0.3, 0.4) is 0 Å². The zero-order valence-corrected chi connectivity index (χ0v) is 17.6. The number of aromatic amines is 1. The first-order valence-electron chi connectivity index (χ1n) is 10.6. The molecule has 9 nitrogen and oxygen atoms in total. The van der Waals surface area contributed by atoms with Crippen LogP contribution in [0.2, 0.25) is 0 Å². The molecule has 4 aromatic rings. The highest BCUT2D eigenvalue weighted by Crippen LogP contribution is 2.39. The fraction of sp³-hybridized carbons (Fsp3) is 0.429. The Kier molecular flexibility index (Phi) is 3.98. The van der Waals surface area contributed by atoms with Crippen LogP contribution in [0, 0.1) is 11.6 Å². The number of hydrogen-bond donors (Lipinski definition) is 2. The minimum Gasteiger partial charge on any atom is -0.345 e. The standard InChI is InChI=1S/C21H22F2N8O/c1-29-20(32)15-13(12-7-14-18(17(23)16(12)22)30(2)28-27-14)8-25-19(15)26-21(29)31-10-3-4-11(31)6-9(24)5-10/h7-11,25H,3-6,24H2,1-2H3. The number of nitrogens with one attached hydrogen (secondary N) is 1. The van der Waals surface area contributed by atoms with E-state index in [2.05, 4.69) is 20.2 Å². The van der Waals surface area contributed by atoms with Crippen molar-refractivity contribution in [3.8, 4) is 11.1 Å². The van der Waals surface area contributed by atoms with Crippen molar-refractivity contribution in [3.63, 3.8) is 0 Å². The summed E-state index contributed by atoms with van der Waals surface area (Å²) < 4.78 is 32.5. The summed E-state index contributed by atoms with van der Waals surface area (Å²) in [7, 11) is 3.16. The van der Waals surface area contributed by atoms with Crippen LogP contribution >= 0.6 is 0 Å². The number of anilines is 1. The van der Waals surface area contributed by atoms with Crippen molar-refractivity contribution in [2.45, 2.75) is 43.8 Å². The lowest BCUT2D eigenvalue weighted by Gasteiger charge is -2.38. The molecule has 2 unspecified atom stereocenters. The number of H-pyrrole nitrogens is 1. The number of fused-ring (bicyclic) bond motifs is 4. The number of piperidine rings is 1. The third-order valence-electron chi connectivity index (χ3n) is 6.95. The first-order chi connectivity index (χ1) is 15.3. The SMILES string of the molecule is Cn1c(N2C3CCC2CC(N)C3)nc2[nH]cc(-c3cc4nnn(C)c4c(F)c3F)c2c1=O. The summed E-state index contributed by atoms with van der Waals surface area (Å²) in [6.07, 6.45) is 5.26. The highest BCUT2D eigenvalue weighted by Gasteiger charge is 2.41. The molecule has 6 rings (SSSR count). The van der Waals surface area contributed by atoms with Gasteiger partial charge in [0.1, 0.15) is 16.7 Å². The molecule has 2 aliphatic rings. The maximum absolute atomic E-state index is 15.0. The molecular weight excluding hydrogens is 418 g/mol. The van der Waals surface area contributed by atoms with Crippen LogP contribution in [0.4, 0.5) is 14.7 Å². The Labute approximate surface area is 180 Å². The molecule has 2 aliphatic heterocycles. The average molecular weight is 440 g/mol. The van der Waals surface area contributed by atoms with Gasteiger partial charge in [-0.05, 0) is 31.7 Å². The monoisotopic (exact) mass is 440 g/mol. The first kappa shape index (κ1) is 19.4. The molecule has 0 saturated carbocycles. The normalized spacial score (nSPS) is 23.0. The molecule has 32 heavy (non-hydrogen) atoms. The Morgan fingerprint density at radius 3 is 2.56 bits per heavy atom. The van der Waals surface area contributed by atoms with E-state index in [-0.39, 0.29) is 51.2 Å². The molecule has 1 aromatic carbocycles. The third-order valence-corrected chi connectivity index (χ3v) is 6.95. The average Bonchev–Trinajstić information content (AvgIpc) is 3.42. The van der Waals surface area contributed by atoms with E-state index in [1.54, 1.807) is 7.05 Å². The van der Waals surface area contributed by atoms with Gasteiger partial charge in [0.15, 0.2) is 11.6 Å². The zero-order chi connectivity index (χ0) is 22.3. The fourth-order valence-corrected chi connectivity index (χ4v) is 5.48. The lowest BCUT2D eigenvalue weighted by atomic mass is 9.98. The van der Waals surface area contributed by atoms with Gasteiger partial charge >= 0.3 is 0 Å². The molecular formula is C21H22F2N8O. The second kappa shape index (κ2) is 6.58. The van der Waals surface area contributed by atoms with Crippen LogP contribution in [0.1, 0.15) is 25.7 Å². The Bertz CT molecular complexity index is 1440. The maximum atomic E-state index is 15.0. The molecule has 3 aromatic heterocycles. The molecule has 3 N–H and O–H groups in total. The van der Waals surface area contributed by atoms with E-state index >= 15 is 4.39 Å². The summed E-state index contributed by atoms with van der Waals surface area (Å²) >= 11 is 0. The topological polar surface area (TPSA) is 111 Å². The van der Waals surface area contributed by atoms with E-state index in [1.807, 2.05) is 0 Å². The van der Waals surface area contributed by atoms with Gasteiger partial charge in [0.25, 0.3) is 5.56 Å². The highest BCUT2D eigenvalue weighted by molar-refractivity contribution is 5.96. The van der Waals surface area contributed by atoms with Gasteiger partial charge < -0.3 is 15.6 Å². The van der Waals surface area contributed by atoms with Crippen molar-refractivity contribution in [2.24, 2.45) is 19.8 Å². The van der Waals surface area contributed by atoms with Crippen molar-refractivity contribution < 1.29 is 8.78 Å². The van der Waals surface area contributed by atoms with Gasteiger partial charge in [-0.15, -0.1) is 5.10 Å². The van der Waals surface area contributed by atoms with Crippen LogP contribution in [-0.4, -0.2) is 47.7 Å². The molecule has 0 amide bonds. The van der Waals surface area contributed by atoms with Gasteiger partial charge in [-0.1, -0.05) is 5.21 Å². The Hall–Kier alpha value is -3.34. The summed E-state index contributed by atoms with van der Waals surface area (Å²) in [5.74, 6) is -1.54. The Morgan fingerprint density at radius 1 is 1.12 bits per heavy atom. The smallest absolute Gasteiger partial charge is 0.264 e. The number of rotatable bonds is 2. The second-order valence-electron chi connectivity index (χ2n) is 8.86. The van der Waals surface area contributed by atoms with Crippen LogP contribution in [-0.2, 0) is 14.1 Å². The quantitative estimate of drug-likeness (QED) is 0.493. The molecule has 2 atom stereocenters. The van der Waals surface area contributed by atoms with Crippen molar-refractivity contribution in [3.05, 3.63) is 34.3 Å². The zero-order valence-electron chi connectivity index (χ0n) is 17.6. The molecule has 11 heteroatoms. The van der Waals surface area contributed by atoms with Gasteiger partial charge in [-0.2, -0.15) is 4.98 Å². The molecule has 0 spiro atoms. The van der Waals surface area contributed by atoms with Gasteiger partial charge in [0.2, 0.25) is 5.95 Å². The summed E-state index contributed by atoms with van der Waals surface area (Å²) in [4.78, 5) is 23.3. The molecule has 2 bridgehead atoms. The largest absolute Gasteiger partial charge is 0.345 e. The van der Waals surface area contributed by atoms with E-state index in [0.717, 1.165) is 25.7 Å². The lowest BCUT2D eigenvalue weighted by Crippen LogP contribution is -2.49. The molecule has 5 heterocycles. The van der Waals surface area contributed by atoms with E-state index in [9.17, 15) is 9.18 Å². The van der Waals surface area contributed by atoms with Crippen LogP contribution < -0.4 is 16.2 Å². The van der Waals surface area contributed by atoms with Crippen molar-refractivity contribution >= 4 is 28.0 Å².